The molecule has 1 aromatic carbocycles. The second-order valence-corrected chi connectivity index (χ2v) is 5.67. The van der Waals surface area contributed by atoms with Gasteiger partial charge in [0.05, 0.1) is 18.1 Å². The molecule has 0 aromatic heterocycles. The molecule has 6 nitrogen and oxygen atoms in total. The van der Waals surface area contributed by atoms with E-state index in [9.17, 15) is 10.1 Å². The first kappa shape index (κ1) is 14.5. The molecule has 19 heavy (non-hydrogen) atoms. The summed E-state index contributed by atoms with van der Waals surface area (Å²) in [5.41, 5.74) is 0.609. The Hall–Kier alpha value is -0.930. The summed E-state index contributed by atoms with van der Waals surface area (Å²) in [4.78, 5) is 10.6. The summed E-state index contributed by atoms with van der Waals surface area (Å²) in [6, 6.07) is 5.10. The standard InChI is InChI=1S/C12H15IN2O4/c1-12(18-6-7-19-12)4-5-14-10-3-2-9(13)8-11(10)15(16)17/h2-3,8,14H,4-7H2,1H3. The molecule has 2 rings (SSSR count). The number of hydrogen-bond acceptors (Lipinski definition) is 5. The van der Waals surface area contributed by atoms with Crippen LogP contribution in [-0.2, 0) is 9.47 Å². The van der Waals surface area contributed by atoms with Crippen LogP contribution in [0, 0.1) is 13.7 Å². The van der Waals surface area contributed by atoms with Crippen LogP contribution in [-0.4, -0.2) is 30.5 Å². The molecule has 1 fully saturated rings. The van der Waals surface area contributed by atoms with Crippen LogP contribution >= 0.6 is 22.6 Å². The Kier molecular flexibility index (Phi) is 4.58. The van der Waals surface area contributed by atoms with E-state index in [4.69, 9.17) is 9.47 Å². The molecule has 1 aliphatic heterocycles. The molecule has 0 saturated carbocycles. The number of halogens is 1. The molecular formula is C12H15IN2O4. The molecule has 0 radical (unpaired) electrons. The van der Waals surface area contributed by atoms with Crippen molar-refractivity contribution < 1.29 is 14.4 Å². The zero-order chi connectivity index (χ0) is 13.9. The summed E-state index contributed by atoms with van der Waals surface area (Å²) < 4.78 is 11.8. The monoisotopic (exact) mass is 378 g/mol. The lowest BCUT2D eigenvalue weighted by atomic mass is 10.2. The third-order valence-electron chi connectivity index (χ3n) is 2.95. The maximum atomic E-state index is 11.0. The normalized spacial score (nSPS) is 17.4. The predicted octanol–water partition coefficient (Wildman–Crippen LogP) is 2.76. The first-order chi connectivity index (χ1) is 9.00. The van der Waals surface area contributed by atoms with Gasteiger partial charge in [-0.1, -0.05) is 0 Å². The fourth-order valence-corrected chi connectivity index (χ4v) is 2.41. The topological polar surface area (TPSA) is 73.6 Å². The Morgan fingerprint density at radius 2 is 2.16 bits per heavy atom. The Morgan fingerprint density at radius 3 is 2.79 bits per heavy atom. The Morgan fingerprint density at radius 1 is 1.47 bits per heavy atom. The number of nitrogens with zero attached hydrogens (tertiary/aromatic N) is 1. The Balaban J connectivity index is 1.97. The molecule has 104 valence electrons. The van der Waals surface area contributed by atoms with Gasteiger partial charge in [0.1, 0.15) is 5.69 Å². The molecule has 0 spiro atoms. The van der Waals surface area contributed by atoms with E-state index >= 15 is 0 Å². The highest BCUT2D eigenvalue weighted by atomic mass is 127. The summed E-state index contributed by atoms with van der Waals surface area (Å²) in [6.07, 6.45) is 0.635. The van der Waals surface area contributed by atoms with Gasteiger partial charge in [-0.3, -0.25) is 10.1 Å². The van der Waals surface area contributed by atoms with Gasteiger partial charge >= 0.3 is 0 Å². The number of benzene rings is 1. The first-order valence-corrected chi connectivity index (χ1v) is 7.04. The highest BCUT2D eigenvalue weighted by Gasteiger charge is 2.30. The molecule has 1 saturated heterocycles. The Bertz CT molecular complexity index is 475. The van der Waals surface area contributed by atoms with E-state index in [0.717, 1.165) is 3.57 Å². The number of nitro benzene ring substituents is 1. The van der Waals surface area contributed by atoms with Crippen molar-refractivity contribution in [2.24, 2.45) is 0 Å². The van der Waals surface area contributed by atoms with Gasteiger partial charge in [-0.25, -0.2) is 0 Å². The van der Waals surface area contributed by atoms with Crippen LogP contribution in [0.1, 0.15) is 13.3 Å². The van der Waals surface area contributed by atoms with Crippen molar-refractivity contribution in [2.75, 3.05) is 25.1 Å². The van der Waals surface area contributed by atoms with E-state index in [0.29, 0.717) is 31.9 Å². The smallest absolute Gasteiger partial charge is 0.293 e. The van der Waals surface area contributed by atoms with E-state index in [2.05, 4.69) is 27.9 Å². The van der Waals surface area contributed by atoms with Crippen molar-refractivity contribution in [3.05, 3.63) is 31.9 Å². The zero-order valence-electron chi connectivity index (χ0n) is 10.5. The van der Waals surface area contributed by atoms with Crippen LogP contribution in [0.4, 0.5) is 11.4 Å². The fourth-order valence-electron chi connectivity index (χ4n) is 1.93. The van der Waals surface area contributed by atoms with E-state index in [1.807, 2.05) is 13.0 Å². The van der Waals surface area contributed by atoms with E-state index in [1.165, 1.54) is 0 Å². The van der Waals surface area contributed by atoms with Crippen LogP contribution in [0.3, 0.4) is 0 Å². The summed E-state index contributed by atoms with van der Waals surface area (Å²) in [5.74, 6) is -0.578. The molecule has 1 heterocycles. The van der Waals surface area contributed by atoms with Crippen molar-refractivity contribution in [3.8, 4) is 0 Å². The van der Waals surface area contributed by atoms with Gasteiger partial charge in [0.15, 0.2) is 5.79 Å². The van der Waals surface area contributed by atoms with Gasteiger partial charge in [0.2, 0.25) is 0 Å². The largest absolute Gasteiger partial charge is 0.379 e. The molecule has 0 bridgehead atoms. The molecule has 0 atom stereocenters. The SMILES string of the molecule is CC1(CCNc2ccc(I)cc2[N+](=O)[O-])OCCO1. The van der Waals surface area contributed by atoms with E-state index in [-0.39, 0.29) is 10.6 Å². The minimum atomic E-state index is -0.578. The lowest BCUT2D eigenvalue weighted by Gasteiger charge is -2.22. The number of rotatable bonds is 5. The molecule has 1 aromatic rings. The van der Waals surface area contributed by atoms with Crippen molar-refractivity contribution in [2.45, 2.75) is 19.1 Å². The molecule has 7 heteroatoms. The maximum Gasteiger partial charge on any atom is 0.293 e. The van der Waals surface area contributed by atoms with E-state index in [1.54, 1.807) is 12.1 Å². The molecule has 0 aliphatic carbocycles. The first-order valence-electron chi connectivity index (χ1n) is 5.96. The quantitative estimate of drug-likeness (QED) is 0.485. The number of nitrogens with one attached hydrogen (secondary N) is 1. The fraction of sp³-hybridized carbons (Fsp3) is 0.500. The molecule has 1 aliphatic rings. The third kappa shape index (κ3) is 3.77. The highest BCUT2D eigenvalue weighted by molar-refractivity contribution is 14.1. The predicted molar refractivity (Wildman–Crippen MR) is 79.2 cm³/mol. The van der Waals surface area contributed by atoms with E-state index < -0.39 is 5.79 Å². The minimum absolute atomic E-state index is 0.0883. The maximum absolute atomic E-state index is 11.0. The molecule has 1 N–H and O–H groups in total. The van der Waals surface area contributed by atoms with Crippen molar-refractivity contribution in [1.82, 2.24) is 0 Å². The average Bonchev–Trinajstić information content (AvgIpc) is 2.78. The summed E-state index contributed by atoms with van der Waals surface area (Å²) in [5, 5.41) is 14.0. The van der Waals surface area contributed by atoms with Gasteiger partial charge in [0.25, 0.3) is 5.69 Å². The van der Waals surface area contributed by atoms with Gasteiger partial charge in [-0.2, -0.15) is 0 Å². The van der Waals surface area contributed by atoms with Gasteiger partial charge < -0.3 is 14.8 Å². The van der Waals surface area contributed by atoms with Crippen LogP contribution in [0.2, 0.25) is 0 Å². The van der Waals surface area contributed by atoms with Crippen molar-refractivity contribution >= 4 is 34.0 Å². The second-order valence-electron chi connectivity index (χ2n) is 4.43. The summed E-state index contributed by atoms with van der Waals surface area (Å²) in [7, 11) is 0. The van der Waals surface area contributed by atoms with Crippen LogP contribution in [0.15, 0.2) is 18.2 Å². The average molecular weight is 378 g/mol. The Labute approximate surface area is 124 Å². The van der Waals surface area contributed by atoms with Crippen molar-refractivity contribution in [3.63, 3.8) is 0 Å². The number of hydrogen-bond donors (Lipinski definition) is 1. The summed E-state index contributed by atoms with van der Waals surface area (Å²) in [6.45, 7) is 3.63. The third-order valence-corrected chi connectivity index (χ3v) is 3.62. The number of anilines is 1. The lowest BCUT2D eigenvalue weighted by molar-refractivity contribution is -0.384. The number of ether oxygens (including phenoxy) is 2. The molecular weight excluding hydrogens is 363 g/mol. The number of nitro groups is 1. The minimum Gasteiger partial charge on any atom is -0.379 e. The van der Waals surface area contributed by atoms with Crippen molar-refractivity contribution in [1.29, 1.82) is 0 Å². The molecule has 0 amide bonds. The molecule has 0 unspecified atom stereocenters. The van der Waals surface area contributed by atoms with Crippen LogP contribution in [0.5, 0.6) is 0 Å². The van der Waals surface area contributed by atoms with Gasteiger partial charge in [-0.15, -0.1) is 0 Å². The lowest BCUT2D eigenvalue weighted by Crippen LogP contribution is -2.28. The zero-order valence-corrected chi connectivity index (χ0v) is 12.7. The van der Waals surface area contributed by atoms with Crippen LogP contribution < -0.4 is 5.32 Å². The summed E-state index contributed by atoms with van der Waals surface area (Å²) >= 11 is 2.05. The van der Waals surface area contributed by atoms with Gasteiger partial charge in [-0.05, 0) is 41.6 Å². The second kappa shape index (κ2) is 6.02. The van der Waals surface area contributed by atoms with Crippen LogP contribution in [0.25, 0.3) is 0 Å². The highest BCUT2D eigenvalue weighted by Crippen LogP contribution is 2.27. The van der Waals surface area contributed by atoms with Gasteiger partial charge in [0, 0.05) is 22.6 Å².